The van der Waals surface area contributed by atoms with Crippen LogP contribution in [0.25, 0.3) is 0 Å². The number of rotatable bonds is 4. The second-order valence-electron chi connectivity index (χ2n) is 1.76. The maximum Gasteiger partial charge on any atom is 1.00 e. The maximum atomic E-state index is 10.7. The monoisotopic (exact) mass is 184 g/mol. The molecule has 10 heavy (non-hydrogen) atoms. The predicted octanol–water partition coefficient (Wildman–Crippen LogP) is -2.00. The molecule has 0 rings (SSSR count). The van der Waals surface area contributed by atoms with Crippen molar-refractivity contribution in [3.8, 4) is 0 Å². The van der Waals surface area contributed by atoms with Crippen LogP contribution in [-0.2, 0) is 4.57 Å². The van der Waals surface area contributed by atoms with E-state index in [0.29, 0.717) is 0 Å². The standard InChI is InChI=1S/C6H11O2P.K/c1-3-5-9(7,8)6-4-2;/h3-4H,1-2,5-6H2,(H,7,8);/q;+1/p-1. The quantitative estimate of drug-likeness (QED) is 0.288. The summed E-state index contributed by atoms with van der Waals surface area (Å²) < 4.78 is 10.7. The van der Waals surface area contributed by atoms with Crippen LogP contribution in [0.5, 0.6) is 0 Å². The summed E-state index contributed by atoms with van der Waals surface area (Å²) in [6, 6.07) is 0. The van der Waals surface area contributed by atoms with Gasteiger partial charge in [-0.1, -0.05) is 12.2 Å². The van der Waals surface area contributed by atoms with E-state index in [-0.39, 0.29) is 63.7 Å². The molecule has 0 unspecified atom stereocenters. The van der Waals surface area contributed by atoms with Crippen LogP contribution in [0, 0.1) is 0 Å². The molecule has 0 aliphatic heterocycles. The summed E-state index contributed by atoms with van der Waals surface area (Å²) in [6.45, 7) is 6.64. The van der Waals surface area contributed by atoms with Crippen LogP contribution in [0.15, 0.2) is 25.3 Å². The largest absolute Gasteiger partial charge is 1.00 e. The number of hydrogen-bond donors (Lipinski definition) is 0. The van der Waals surface area contributed by atoms with E-state index in [0.717, 1.165) is 0 Å². The van der Waals surface area contributed by atoms with Crippen molar-refractivity contribution < 1.29 is 60.8 Å². The summed E-state index contributed by atoms with van der Waals surface area (Å²) in [7, 11) is -3.18. The third kappa shape index (κ3) is 7.41. The Morgan fingerprint density at radius 2 is 1.60 bits per heavy atom. The van der Waals surface area contributed by atoms with Gasteiger partial charge in [0.25, 0.3) is 0 Å². The fraction of sp³-hybridized carbons (Fsp3) is 0.333. The summed E-state index contributed by atoms with van der Waals surface area (Å²) in [6.07, 6.45) is 2.91. The molecule has 0 aliphatic rings. The summed E-state index contributed by atoms with van der Waals surface area (Å²) in [5.74, 6) is 0. The Bertz CT molecular complexity index is 142. The van der Waals surface area contributed by atoms with Crippen molar-refractivity contribution in [3.63, 3.8) is 0 Å². The Hall–Kier alpha value is 1.31. The van der Waals surface area contributed by atoms with Crippen molar-refractivity contribution in [2.24, 2.45) is 0 Å². The van der Waals surface area contributed by atoms with E-state index < -0.39 is 7.37 Å². The van der Waals surface area contributed by atoms with E-state index >= 15 is 0 Å². The van der Waals surface area contributed by atoms with E-state index in [1.807, 2.05) is 0 Å². The smallest absolute Gasteiger partial charge is 0.799 e. The number of hydrogen-bond acceptors (Lipinski definition) is 2. The minimum atomic E-state index is -3.18. The first-order valence-corrected chi connectivity index (χ1v) is 4.63. The molecular weight excluding hydrogens is 174 g/mol. The van der Waals surface area contributed by atoms with Gasteiger partial charge in [0.2, 0.25) is 0 Å². The van der Waals surface area contributed by atoms with Crippen LogP contribution in [0.3, 0.4) is 0 Å². The third-order valence-corrected chi connectivity index (χ3v) is 2.44. The molecule has 0 aliphatic carbocycles. The molecule has 0 saturated heterocycles. The van der Waals surface area contributed by atoms with Crippen molar-refractivity contribution in [3.05, 3.63) is 25.3 Å². The van der Waals surface area contributed by atoms with Gasteiger partial charge in [-0.05, 0) is 0 Å². The normalized spacial score (nSPS) is 9.70. The first-order chi connectivity index (χ1) is 4.12. The average Bonchev–Trinajstić information content (AvgIpc) is 1.64. The van der Waals surface area contributed by atoms with Gasteiger partial charge in [-0.15, -0.1) is 13.2 Å². The molecule has 0 fully saturated rings. The summed E-state index contributed by atoms with van der Waals surface area (Å²) >= 11 is 0. The predicted molar refractivity (Wildman–Crippen MR) is 37.7 cm³/mol. The van der Waals surface area contributed by atoms with E-state index in [1.165, 1.54) is 12.2 Å². The molecule has 0 bridgehead atoms. The summed E-state index contributed by atoms with van der Waals surface area (Å²) in [5.41, 5.74) is 0. The van der Waals surface area contributed by atoms with Crippen LogP contribution >= 0.6 is 7.37 Å². The SMILES string of the molecule is C=CCP(=O)([O-])CC=C.[K+]. The molecule has 0 aromatic rings. The topological polar surface area (TPSA) is 40.1 Å². The van der Waals surface area contributed by atoms with Gasteiger partial charge in [-0.2, -0.15) is 0 Å². The molecule has 0 radical (unpaired) electrons. The minimum Gasteiger partial charge on any atom is -0.799 e. The van der Waals surface area contributed by atoms with E-state index in [4.69, 9.17) is 0 Å². The number of allylic oxidation sites excluding steroid dienone is 2. The first kappa shape index (κ1) is 13.9. The fourth-order valence-corrected chi connectivity index (χ4v) is 1.40. The molecule has 0 aromatic carbocycles. The molecule has 0 aromatic heterocycles. The zero-order valence-electron chi connectivity index (χ0n) is 6.25. The van der Waals surface area contributed by atoms with Gasteiger partial charge in [-0.3, -0.25) is 0 Å². The van der Waals surface area contributed by atoms with Gasteiger partial charge in [0, 0.05) is 19.7 Å². The van der Waals surface area contributed by atoms with Crippen molar-refractivity contribution in [1.29, 1.82) is 0 Å². The second-order valence-corrected chi connectivity index (χ2v) is 4.12. The molecule has 0 heterocycles. The summed E-state index contributed by atoms with van der Waals surface area (Å²) in [4.78, 5) is 10.7. The maximum absolute atomic E-state index is 10.7. The van der Waals surface area contributed by atoms with Crippen LogP contribution in [0.1, 0.15) is 0 Å². The van der Waals surface area contributed by atoms with Crippen LogP contribution in [-0.4, -0.2) is 12.3 Å². The molecular formula is C6H10KO2P. The van der Waals surface area contributed by atoms with Crippen molar-refractivity contribution >= 4 is 7.37 Å². The molecule has 0 amide bonds. The zero-order chi connectivity index (χ0) is 7.33. The van der Waals surface area contributed by atoms with Crippen LogP contribution in [0.2, 0.25) is 0 Å². The van der Waals surface area contributed by atoms with Gasteiger partial charge < -0.3 is 9.46 Å². The van der Waals surface area contributed by atoms with E-state index in [9.17, 15) is 9.46 Å². The van der Waals surface area contributed by atoms with Gasteiger partial charge in [-0.25, -0.2) is 0 Å². The van der Waals surface area contributed by atoms with E-state index in [2.05, 4.69) is 13.2 Å². The molecule has 2 nitrogen and oxygen atoms in total. The van der Waals surface area contributed by atoms with E-state index in [1.54, 1.807) is 0 Å². The molecule has 52 valence electrons. The molecule has 0 N–H and O–H groups in total. The van der Waals surface area contributed by atoms with Crippen molar-refractivity contribution in [1.82, 2.24) is 0 Å². The van der Waals surface area contributed by atoms with Gasteiger partial charge in [0.15, 0.2) is 0 Å². The second kappa shape index (κ2) is 6.98. The Balaban J connectivity index is 0. The van der Waals surface area contributed by atoms with Crippen molar-refractivity contribution in [2.75, 3.05) is 12.3 Å². The Morgan fingerprint density at radius 1 is 1.30 bits per heavy atom. The Labute approximate surface area is 104 Å². The van der Waals surface area contributed by atoms with Crippen molar-refractivity contribution in [2.45, 2.75) is 0 Å². The molecule has 4 heteroatoms. The molecule has 0 saturated carbocycles. The first-order valence-electron chi connectivity index (χ1n) is 2.63. The third-order valence-electron chi connectivity index (χ3n) is 0.815. The molecule has 0 atom stereocenters. The molecule has 0 spiro atoms. The minimum absolute atomic E-state index is 0. The Morgan fingerprint density at radius 3 is 1.80 bits per heavy atom. The van der Waals surface area contributed by atoms with Crippen LogP contribution in [0.4, 0.5) is 0 Å². The zero-order valence-corrected chi connectivity index (χ0v) is 10.3. The van der Waals surface area contributed by atoms with Gasteiger partial charge >= 0.3 is 51.4 Å². The Kier molecular flexibility index (Phi) is 9.68. The van der Waals surface area contributed by atoms with Gasteiger partial charge in [0.1, 0.15) is 0 Å². The van der Waals surface area contributed by atoms with Crippen LogP contribution < -0.4 is 56.3 Å². The summed E-state index contributed by atoms with van der Waals surface area (Å²) in [5, 5.41) is 0. The average molecular weight is 184 g/mol. The van der Waals surface area contributed by atoms with Gasteiger partial charge in [0.05, 0.1) is 0 Å². The fourth-order valence-electron chi connectivity index (χ4n) is 0.468.